The van der Waals surface area contributed by atoms with Gasteiger partial charge in [-0.05, 0) is 0 Å². The summed E-state index contributed by atoms with van der Waals surface area (Å²) >= 11 is 0. The topological polar surface area (TPSA) is 41.8 Å². The van der Waals surface area contributed by atoms with Crippen molar-refractivity contribution in [2.24, 2.45) is 10.2 Å². The highest BCUT2D eigenvalue weighted by molar-refractivity contribution is 7.84. The van der Waals surface area contributed by atoms with Gasteiger partial charge in [-0.15, -0.1) is 0 Å². The zero-order chi connectivity index (χ0) is 5.98. The summed E-state index contributed by atoms with van der Waals surface area (Å²) in [5.41, 5.74) is 0. The van der Waals surface area contributed by atoms with Gasteiger partial charge in [-0.25, -0.2) is 0 Å². The van der Waals surface area contributed by atoms with Gasteiger partial charge in [0, 0.05) is 29.2 Å². The van der Waals surface area contributed by atoms with Gasteiger partial charge in [-0.3, -0.25) is 4.21 Å². The van der Waals surface area contributed by atoms with Gasteiger partial charge >= 0.3 is 0 Å². The largest absolute Gasteiger partial charge is 0.260 e. The third-order valence-corrected chi connectivity index (χ3v) is 1.75. The summed E-state index contributed by atoms with van der Waals surface area (Å²) in [6.45, 7) is 0. The average molecular weight is 132 g/mol. The van der Waals surface area contributed by atoms with E-state index in [0.717, 1.165) is 12.2 Å². The highest BCUT2D eigenvalue weighted by Crippen LogP contribution is 2.13. The van der Waals surface area contributed by atoms with Crippen LogP contribution in [0.4, 0.5) is 0 Å². The van der Waals surface area contributed by atoms with Crippen LogP contribution in [0.2, 0.25) is 0 Å². The first kappa shape index (κ1) is 5.88. The minimum Gasteiger partial charge on any atom is -0.260 e. The van der Waals surface area contributed by atoms with Crippen LogP contribution in [0, 0.1) is 0 Å². The van der Waals surface area contributed by atoms with E-state index in [9.17, 15) is 4.21 Å². The van der Waals surface area contributed by atoms with Crippen molar-refractivity contribution in [3.8, 4) is 0 Å². The van der Waals surface area contributed by atoms with Crippen LogP contribution in [-0.4, -0.2) is 22.4 Å². The van der Waals surface area contributed by atoms with Crippen molar-refractivity contribution in [3.05, 3.63) is 0 Å². The highest BCUT2D eigenvalue weighted by Gasteiger charge is 2.14. The molecular formula is C4H8N2OS. The first-order valence-corrected chi connectivity index (χ1v) is 4.22. The van der Waals surface area contributed by atoms with E-state index in [-0.39, 0.29) is 6.17 Å². The summed E-state index contributed by atoms with van der Waals surface area (Å²) in [6.07, 6.45) is 2.75. The van der Waals surface area contributed by atoms with E-state index >= 15 is 0 Å². The van der Waals surface area contributed by atoms with Gasteiger partial charge in [0.15, 0.2) is 6.17 Å². The third-order valence-electron chi connectivity index (χ3n) is 0.942. The Kier molecular flexibility index (Phi) is 1.73. The normalized spacial score (nSPS) is 21.1. The van der Waals surface area contributed by atoms with Crippen LogP contribution in [-0.2, 0) is 10.8 Å². The number of rotatable bonds is 3. The Hall–Kier alpha value is -0.250. The van der Waals surface area contributed by atoms with Crippen molar-refractivity contribution in [3.63, 3.8) is 0 Å². The predicted molar refractivity (Wildman–Crippen MR) is 32.2 cm³/mol. The van der Waals surface area contributed by atoms with Gasteiger partial charge in [-0.2, -0.15) is 10.2 Å². The van der Waals surface area contributed by atoms with Crippen molar-refractivity contribution in [2.45, 2.75) is 12.6 Å². The zero-order valence-electron chi connectivity index (χ0n) is 4.70. The molecule has 0 aromatic heterocycles. The molecule has 0 aromatic rings. The highest BCUT2D eigenvalue weighted by atomic mass is 32.2. The molecule has 1 atom stereocenters. The second kappa shape index (κ2) is 2.35. The Morgan fingerprint density at radius 1 is 1.62 bits per heavy atom. The molecule has 0 spiro atoms. The Labute approximate surface area is 50.6 Å². The fourth-order valence-corrected chi connectivity index (χ4v) is 0.977. The van der Waals surface area contributed by atoms with E-state index in [1.54, 1.807) is 6.26 Å². The fraction of sp³-hybridized carbons (Fsp3) is 1.00. The van der Waals surface area contributed by atoms with Crippen molar-refractivity contribution in [1.29, 1.82) is 0 Å². The van der Waals surface area contributed by atoms with Crippen LogP contribution in [0.5, 0.6) is 0 Å². The second-order valence-electron chi connectivity index (χ2n) is 1.78. The molecule has 1 unspecified atom stereocenters. The van der Waals surface area contributed by atoms with Crippen LogP contribution in [0.3, 0.4) is 0 Å². The second-order valence-corrected chi connectivity index (χ2v) is 3.33. The molecule has 0 radical (unpaired) electrons. The summed E-state index contributed by atoms with van der Waals surface area (Å²) < 4.78 is 10.4. The molecule has 0 saturated carbocycles. The van der Waals surface area contributed by atoms with E-state index in [0.29, 0.717) is 0 Å². The fourth-order valence-electron chi connectivity index (χ4n) is 0.434. The molecule has 0 amide bonds. The molecule has 1 rings (SSSR count). The first-order valence-electron chi connectivity index (χ1n) is 2.49. The molecule has 0 N–H and O–H groups in total. The molecule has 8 heavy (non-hydrogen) atoms. The van der Waals surface area contributed by atoms with Gasteiger partial charge in [0.1, 0.15) is 0 Å². The lowest BCUT2D eigenvalue weighted by atomic mass is 10.4. The van der Waals surface area contributed by atoms with E-state index in [1.807, 2.05) is 0 Å². The first-order chi connectivity index (χ1) is 3.79. The minimum atomic E-state index is -0.666. The van der Waals surface area contributed by atoms with Crippen LogP contribution in [0.25, 0.3) is 0 Å². The Balaban J connectivity index is 1.96. The summed E-state index contributed by atoms with van der Waals surface area (Å²) in [4.78, 5) is 0. The maximum atomic E-state index is 10.4. The number of nitrogens with zero attached hydrogens (tertiary/aromatic N) is 2. The standard InChI is InChI=1S/C4H8N2OS/c1-8(7)3-2-4-5-6-4/h4H,2-3H2,1H3. The van der Waals surface area contributed by atoms with Crippen LogP contribution in [0.15, 0.2) is 10.2 Å². The monoisotopic (exact) mass is 132 g/mol. The lowest BCUT2D eigenvalue weighted by molar-refractivity contribution is 0.683. The summed E-state index contributed by atoms with van der Waals surface area (Å²) in [6, 6.07) is 0. The smallest absolute Gasteiger partial charge is 0.181 e. The van der Waals surface area contributed by atoms with Gasteiger partial charge in [0.05, 0.1) is 0 Å². The summed E-state index contributed by atoms with van der Waals surface area (Å²) in [7, 11) is -0.666. The van der Waals surface area contributed by atoms with Crippen molar-refractivity contribution in [2.75, 3.05) is 12.0 Å². The van der Waals surface area contributed by atoms with Crippen molar-refractivity contribution < 1.29 is 4.21 Å². The van der Waals surface area contributed by atoms with Gasteiger partial charge < -0.3 is 0 Å². The molecule has 0 bridgehead atoms. The van der Waals surface area contributed by atoms with E-state index < -0.39 is 10.8 Å². The Morgan fingerprint density at radius 3 is 2.62 bits per heavy atom. The predicted octanol–water partition coefficient (Wildman–Crippen LogP) is 0.547. The molecule has 3 nitrogen and oxygen atoms in total. The Morgan fingerprint density at radius 2 is 2.25 bits per heavy atom. The number of hydrogen-bond acceptors (Lipinski definition) is 3. The molecule has 1 aliphatic rings. The van der Waals surface area contributed by atoms with Gasteiger partial charge in [0.25, 0.3) is 0 Å². The molecule has 4 heteroatoms. The maximum Gasteiger partial charge on any atom is 0.181 e. The maximum absolute atomic E-state index is 10.4. The quantitative estimate of drug-likeness (QED) is 0.552. The van der Waals surface area contributed by atoms with Gasteiger partial charge in [0.2, 0.25) is 0 Å². The van der Waals surface area contributed by atoms with Gasteiger partial charge in [-0.1, -0.05) is 0 Å². The lowest BCUT2D eigenvalue weighted by Gasteiger charge is -1.87. The number of hydrogen-bond donors (Lipinski definition) is 0. The Bertz CT molecular complexity index is 128. The van der Waals surface area contributed by atoms with Crippen LogP contribution in [0.1, 0.15) is 6.42 Å². The van der Waals surface area contributed by atoms with Crippen LogP contribution < -0.4 is 0 Å². The molecular weight excluding hydrogens is 124 g/mol. The van der Waals surface area contributed by atoms with E-state index in [1.165, 1.54) is 0 Å². The molecule has 1 heterocycles. The molecule has 0 fully saturated rings. The summed E-state index contributed by atoms with van der Waals surface area (Å²) in [5.74, 6) is 0.734. The van der Waals surface area contributed by atoms with Crippen molar-refractivity contribution >= 4 is 10.8 Å². The molecule has 0 saturated heterocycles. The zero-order valence-corrected chi connectivity index (χ0v) is 5.52. The minimum absolute atomic E-state index is 0.193. The van der Waals surface area contributed by atoms with E-state index in [2.05, 4.69) is 10.2 Å². The third kappa shape index (κ3) is 2.16. The average Bonchev–Trinajstić information content (AvgIpc) is 2.41. The summed E-state index contributed by atoms with van der Waals surface area (Å²) in [5, 5.41) is 7.33. The lowest BCUT2D eigenvalue weighted by Crippen LogP contribution is -1.97. The molecule has 46 valence electrons. The van der Waals surface area contributed by atoms with Crippen LogP contribution >= 0.6 is 0 Å². The SMILES string of the molecule is CS(=O)CCC1N=N1. The molecule has 1 aliphatic heterocycles. The van der Waals surface area contributed by atoms with E-state index in [4.69, 9.17) is 0 Å². The van der Waals surface area contributed by atoms with Crippen molar-refractivity contribution in [1.82, 2.24) is 0 Å². The molecule has 0 aromatic carbocycles. The molecule has 0 aliphatic carbocycles.